The number of carbonyl (C=O) groups excluding carboxylic acids is 1. The van der Waals surface area contributed by atoms with Crippen LogP contribution in [0.4, 0.5) is 5.69 Å². The van der Waals surface area contributed by atoms with Gasteiger partial charge in [0.05, 0.1) is 4.92 Å². The van der Waals surface area contributed by atoms with E-state index in [4.69, 9.17) is 0 Å². The molecule has 0 bridgehead atoms. The number of Topliss-reactive ketones (excluding diaryl/α,β-unsaturated/α-hetero) is 1. The Morgan fingerprint density at radius 2 is 2.05 bits per heavy atom. The lowest BCUT2D eigenvalue weighted by atomic mass is 10.1. The molecule has 0 saturated carbocycles. The highest BCUT2D eigenvalue weighted by Gasteiger charge is 2.12. The first-order valence-corrected chi connectivity index (χ1v) is 5.97. The molecule has 5 heteroatoms. The van der Waals surface area contributed by atoms with Crippen molar-refractivity contribution in [2.24, 2.45) is 0 Å². The van der Waals surface area contributed by atoms with Gasteiger partial charge < -0.3 is 4.57 Å². The highest BCUT2D eigenvalue weighted by molar-refractivity contribution is 5.93. The fourth-order valence-corrected chi connectivity index (χ4v) is 1.94. The van der Waals surface area contributed by atoms with Crippen molar-refractivity contribution >= 4 is 11.5 Å². The van der Waals surface area contributed by atoms with Crippen LogP contribution < -0.4 is 0 Å². The maximum atomic E-state index is 11.2. The van der Waals surface area contributed by atoms with Gasteiger partial charge in [0.2, 0.25) is 0 Å². The lowest BCUT2D eigenvalue weighted by Crippen LogP contribution is -2.02. The molecule has 0 aliphatic heterocycles. The number of hydrogen-bond donors (Lipinski definition) is 0. The Balaban J connectivity index is 2.10. The average molecular weight is 258 g/mol. The first kappa shape index (κ1) is 13.0. The second kappa shape index (κ2) is 5.48. The van der Waals surface area contributed by atoms with Gasteiger partial charge in [-0.3, -0.25) is 14.9 Å². The topological polar surface area (TPSA) is 65.1 Å². The van der Waals surface area contributed by atoms with Crippen molar-refractivity contribution in [3.63, 3.8) is 0 Å². The summed E-state index contributed by atoms with van der Waals surface area (Å²) >= 11 is 0. The summed E-state index contributed by atoms with van der Waals surface area (Å²) in [5.74, 6) is 0.0180. The maximum absolute atomic E-state index is 11.2. The monoisotopic (exact) mass is 258 g/mol. The molecule has 1 aromatic heterocycles. The van der Waals surface area contributed by atoms with Crippen LogP contribution in [-0.2, 0) is 13.0 Å². The molecular formula is C14H14N2O3. The molecule has 0 unspecified atom stereocenters. The van der Waals surface area contributed by atoms with Gasteiger partial charge in [0.1, 0.15) is 0 Å². The highest BCUT2D eigenvalue weighted by Crippen LogP contribution is 2.18. The van der Waals surface area contributed by atoms with Crippen LogP contribution in [-0.4, -0.2) is 15.3 Å². The van der Waals surface area contributed by atoms with Crippen molar-refractivity contribution in [2.75, 3.05) is 0 Å². The zero-order valence-corrected chi connectivity index (χ0v) is 10.6. The van der Waals surface area contributed by atoms with E-state index in [2.05, 4.69) is 0 Å². The molecule has 0 aliphatic rings. The molecule has 0 saturated heterocycles. The minimum atomic E-state index is -0.369. The van der Waals surface area contributed by atoms with Gasteiger partial charge in [-0.25, -0.2) is 0 Å². The van der Waals surface area contributed by atoms with Crippen molar-refractivity contribution < 1.29 is 9.72 Å². The van der Waals surface area contributed by atoms with E-state index >= 15 is 0 Å². The molecule has 2 aromatic rings. The van der Waals surface area contributed by atoms with E-state index in [0.717, 1.165) is 0 Å². The van der Waals surface area contributed by atoms with E-state index in [0.29, 0.717) is 24.1 Å². The molecular weight excluding hydrogens is 244 g/mol. The van der Waals surface area contributed by atoms with Crippen molar-refractivity contribution in [2.45, 2.75) is 19.9 Å². The van der Waals surface area contributed by atoms with Gasteiger partial charge in [-0.1, -0.05) is 18.2 Å². The number of rotatable bonds is 5. The van der Waals surface area contributed by atoms with Crippen molar-refractivity contribution in [1.29, 1.82) is 0 Å². The van der Waals surface area contributed by atoms with E-state index in [-0.39, 0.29) is 16.4 Å². The second-order valence-corrected chi connectivity index (χ2v) is 4.33. The average Bonchev–Trinajstić information content (AvgIpc) is 2.85. The number of para-hydroxylation sites is 1. The van der Waals surface area contributed by atoms with Gasteiger partial charge >= 0.3 is 0 Å². The van der Waals surface area contributed by atoms with Crippen LogP contribution in [0.15, 0.2) is 42.7 Å². The molecule has 0 aliphatic carbocycles. The Bertz CT molecular complexity index is 617. The molecule has 98 valence electrons. The number of nitro benzene ring substituents is 1. The molecule has 0 atom stereocenters. The Morgan fingerprint density at radius 1 is 1.32 bits per heavy atom. The van der Waals surface area contributed by atoms with Gasteiger partial charge in [0, 0.05) is 36.1 Å². The fraction of sp³-hybridized carbons (Fsp3) is 0.214. The van der Waals surface area contributed by atoms with Gasteiger partial charge in [-0.05, 0) is 19.4 Å². The fourth-order valence-electron chi connectivity index (χ4n) is 1.94. The lowest BCUT2D eigenvalue weighted by molar-refractivity contribution is -0.385. The summed E-state index contributed by atoms with van der Waals surface area (Å²) in [6.07, 6.45) is 4.13. The number of nitro groups is 1. The van der Waals surface area contributed by atoms with E-state index < -0.39 is 0 Å². The van der Waals surface area contributed by atoms with Crippen molar-refractivity contribution in [1.82, 2.24) is 4.57 Å². The molecule has 5 nitrogen and oxygen atoms in total. The summed E-state index contributed by atoms with van der Waals surface area (Å²) in [4.78, 5) is 21.7. The van der Waals surface area contributed by atoms with E-state index in [1.807, 2.05) is 10.8 Å². The molecule has 0 N–H and O–H groups in total. The number of hydrogen-bond acceptors (Lipinski definition) is 3. The van der Waals surface area contributed by atoms with Gasteiger partial charge in [0.15, 0.2) is 5.78 Å². The molecule has 0 spiro atoms. The van der Waals surface area contributed by atoms with Crippen LogP contribution in [0.25, 0.3) is 0 Å². The Morgan fingerprint density at radius 3 is 2.68 bits per heavy atom. The van der Waals surface area contributed by atoms with Gasteiger partial charge in [-0.15, -0.1) is 0 Å². The van der Waals surface area contributed by atoms with Crippen LogP contribution in [0.2, 0.25) is 0 Å². The first-order valence-electron chi connectivity index (χ1n) is 5.97. The summed E-state index contributed by atoms with van der Waals surface area (Å²) in [5, 5.41) is 10.9. The number of aryl methyl sites for hydroxylation is 2. The predicted molar refractivity (Wildman–Crippen MR) is 71.2 cm³/mol. The summed E-state index contributed by atoms with van der Waals surface area (Å²) in [6, 6.07) is 8.46. The van der Waals surface area contributed by atoms with E-state index in [1.54, 1.807) is 30.5 Å². The smallest absolute Gasteiger partial charge is 0.272 e. The molecule has 0 fully saturated rings. The van der Waals surface area contributed by atoms with Crippen LogP contribution in [0.5, 0.6) is 0 Å². The van der Waals surface area contributed by atoms with Crippen molar-refractivity contribution in [3.8, 4) is 0 Å². The largest absolute Gasteiger partial charge is 0.353 e. The molecule has 19 heavy (non-hydrogen) atoms. The standard InChI is InChI=1S/C14H14N2O3/c1-11(17)13-7-9-15(10-13)8-6-12-4-2-3-5-14(12)16(18)19/h2-5,7,9-10H,6,8H2,1H3. The first-order chi connectivity index (χ1) is 9.08. The number of benzene rings is 1. The number of nitrogens with zero attached hydrogens (tertiary/aromatic N) is 2. The third kappa shape index (κ3) is 3.07. The Kier molecular flexibility index (Phi) is 3.75. The molecule has 2 rings (SSSR count). The number of carbonyl (C=O) groups is 1. The maximum Gasteiger partial charge on any atom is 0.272 e. The molecule has 1 heterocycles. The minimum absolute atomic E-state index is 0.0180. The number of ketones is 1. The number of aromatic nitrogens is 1. The lowest BCUT2D eigenvalue weighted by Gasteiger charge is -2.04. The Hall–Kier alpha value is -2.43. The van der Waals surface area contributed by atoms with Gasteiger partial charge in [-0.2, -0.15) is 0 Å². The highest BCUT2D eigenvalue weighted by atomic mass is 16.6. The Labute approximate surface area is 110 Å². The molecule has 1 aromatic carbocycles. The van der Waals surface area contributed by atoms with Crippen molar-refractivity contribution in [3.05, 3.63) is 64.0 Å². The summed E-state index contributed by atoms with van der Waals surface area (Å²) < 4.78 is 1.87. The van der Waals surface area contributed by atoms with Crippen LogP contribution in [0.3, 0.4) is 0 Å². The quantitative estimate of drug-likeness (QED) is 0.470. The molecule has 0 radical (unpaired) electrons. The third-order valence-electron chi connectivity index (χ3n) is 2.98. The summed E-state index contributed by atoms with van der Waals surface area (Å²) in [5.41, 5.74) is 1.49. The predicted octanol–water partition coefficient (Wildman–Crippen LogP) is 2.84. The minimum Gasteiger partial charge on any atom is -0.353 e. The van der Waals surface area contributed by atoms with Crippen LogP contribution in [0.1, 0.15) is 22.8 Å². The normalized spacial score (nSPS) is 10.4. The third-order valence-corrected chi connectivity index (χ3v) is 2.98. The zero-order valence-electron chi connectivity index (χ0n) is 10.6. The van der Waals surface area contributed by atoms with E-state index in [1.165, 1.54) is 13.0 Å². The summed E-state index contributed by atoms with van der Waals surface area (Å²) in [6.45, 7) is 2.12. The SMILES string of the molecule is CC(=O)c1ccn(CCc2ccccc2[N+](=O)[O-])c1. The zero-order chi connectivity index (χ0) is 13.8. The van der Waals surface area contributed by atoms with Gasteiger partial charge in [0.25, 0.3) is 5.69 Å². The second-order valence-electron chi connectivity index (χ2n) is 4.33. The summed E-state index contributed by atoms with van der Waals surface area (Å²) in [7, 11) is 0. The molecule has 0 amide bonds. The van der Waals surface area contributed by atoms with E-state index in [9.17, 15) is 14.9 Å². The van der Waals surface area contributed by atoms with Crippen LogP contribution in [0, 0.1) is 10.1 Å². The van der Waals surface area contributed by atoms with Crippen LogP contribution >= 0.6 is 0 Å².